The Hall–Kier alpha value is -3.38. The van der Waals surface area contributed by atoms with Crippen LogP contribution in [0.3, 0.4) is 0 Å². The van der Waals surface area contributed by atoms with Gasteiger partial charge >= 0.3 is 17.9 Å². The van der Waals surface area contributed by atoms with Crippen molar-refractivity contribution in [3.8, 4) is 0 Å². The largest absolute Gasteiger partial charge is 0.465 e. The van der Waals surface area contributed by atoms with E-state index in [0.717, 1.165) is 22.8 Å². The van der Waals surface area contributed by atoms with E-state index >= 15 is 0 Å². The lowest BCUT2D eigenvalue weighted by Gasteiger charge is -2.23. The molecule has 0 aliphatic heterocycles. The molecule has 10 nitrogen and oxygen atoms in total. The van der Waals surface area contributed by atoms with Crippen molar-refractivity contribution in [1.29, 1.82) is 0 Å². The summed E-state index contributed by atoms with van der Waals surface area (Å²) in [6, 6.07) is 3.12. The number of fused-ring (bicyclic) bond motifs is 1. The standard InChI is InChI=1S/C15H14F3N3O7/c1-2-27-13(23)7-19(8-15(16,17)18)12(22)6-20-10-4-3-9(21(25)26)5-11(10)28-14(20)24/h3-5H,2,6-8H2,1H3. The molecule has 0 saturated heterocycles. The summed E-state index contributed by atoms with van der Waals surface area (Å²) >= 11 is 0. The fraction of sp³-hybridized carbons (Fsp3) is 0.400. The summed E-state index contributed by atoms with van der Waals surface area (Å²) in [7, 11) is 0. The van der Waals surface area contributed by atoms with Gasteiger partial charge in [0.15, 0.2) is 5.58 Å². The molecule has 1 aromatic carbocycles. The van der Waals surface area contributed by atoms with Crippen LogP contribution in [0.1, 0.15) is 6.92 Å². The molecule has 0 spiro atoms. The van der Waals surface area contributed by atoms with Crippen LogP contribution >= 0.6 is 0 Å². The van der Waals surface area contributed by atoms with Crippen LogP contribution in [0.25, 0.3) is 11.1 Å². The second-order valence-corrected chi connectivity index (χ2v) is 5.53. The molecular formula is C15H14F3N3O7. The maximum Gasteiger partial charge on any atom is 0.420 e. The second kappa shape index (κ2) is 8.10. The van der Waals surface area contributed by atoms with Gasteiger partial charge in [-0.05, 0) is 13.0 Å². The first-order chi connectivity index (χ1) is 13.0. The maximum atomic E-state index is 12.7. The number of oxazole rings is 1. The third kappa shape index (κ3) is 5.08. The minimum atomic E-state index is -4.79. The van der Waals surface area contributed by atoms with Gasteiger partial charge in [0.25, 0.3) is 5.69 Å². The average molecular weight is 405 g/mol. The highest BCUT2D eigenvalue weighted by molar-refractivity contribution is 5.84. The molecule has 0 aliphatic carbocycles. The number of amides is 1. The van der Waals surface area contributed by atoms with Crippen molar-refractivity contribution < 1.29 is 36.8 Å². The number of carbonyl (C=O) groups is 2. The Balaban J connectivity index is 2.31. The number of aromatic nitrogens is 1. The molecular weight excluding hydrogens is 391 g/mol. The molecule has 0 N–H and O–H groups in total. The molecule has 2 rings (SSSR count). The van der Waals surface area contributed by atoms with E-state index in [2.05, 4.69) is 4.74 Å². The molecule has 0 radical (unpaired) electrons. The second-order valence-electron chi connectivity index (χ2n) is 5.53. The molecule has 28 heavy (non-hydrogen) atoms. The number of hydrogen-bond donors (Lipinski definition) is 0. The Labute approximate surface area is 154 Å². The zero-order valence-corrected chi connectivity index (χ0v) is 14.4. The molecule has 1 amide bonds. The lowest BCUT2D eigenvalue weighted by Crippen LogP contribution is -2.44. The van der Waals surface area contributed by atoms with Gasteiger partial charge in [-0.15, -0.1) is 0 Å². The lowest BCUT2D eigenvalue weighted by atomic mass is 10.3. The number of nitro benzene ring substituents is 1. The highest BCUT2D eigenvalue weighted by Gasteiger charge is 2.34. The molecule has 0 aliphatic rings. The van der Waals surface area contributed by atoms with Crippen LogP contribution in [-0.4, -0.2) is 52.1 Å². The summed E-state index contributed by atoms with van der Waals surface area (Å²) in [6.07, 6.45) is -4.79. The summed E-state index contributed by atoms with van der Waals surface area (Å²) in [5, 5.41) is 10.8. The zero-order chi connectivity index (χ0) is 21.1. The van der Waals surface area contributed by atoms with E-state index in [-0.39, 0.29) is 28.3 Å². The van der Waals surface area contributed by atoms with Gasteiger partial charge in [0, 0.05) is 6.07 Å². The fourth-order valence-electron chi connectivity index (χ4n) is 2.36. The molecule has 0 fully saturated rings. The van der Waals surface area contributed by atoms with Crippen molar-refractivity contribution >= 4 is 28.7 Å². The Bertz CT molecular complexity index is 964. The summed E-state index contributed by atoms with van der Waals surface area (Å²) in [6.45, 7) is -2.18. The number of hydrogen-bond acceptors (Lipinski definition) is 7. The van der Waals surface area contributed by atoms with Gasteiger partial charge in [-0.25, -0.2) is 4.79 Å². The van der Waals surface area contributed by atoms with Crippen LogP contribution in [0.15, 0.2) is 27.4 Å². The van der Waals surface area contributed by atoms with Gasteiger partial charge in [-0.1, -0.05) is 0 Å². The monoisotopic (exact) mass is 405 g/mol. The summed E-state index contributed by atoms with van der Waals surface area (Å²) < 4.78 is 48.3. The molecule has 0 bridgehead atoms. The van der Waals surface area contributed by atoms with Gasteiger partial charge in [0.2, 0.25) is 5.91 Å². The zero-order valence-electron chi connectivity index (χ0n) is 14.4. The number of alkyl halides is 3. The smallest absolute Gasteiger partial charge is 0.420 e. The van der Waals surface area contributed by atoms with Gasteiger partial charge in [0.05, 0.1) is 23.1 Å². The summed E-state index contributed by atoms with van der Waals surface area (Å²) in [4.78, 5) is 46.0. The number of nitro groups is 1. The molecule has 2 aromatic rings. The first-order valence-corrected chi connectivity index (χ1v) is 7.79. The molecule has 152 valence electrons. The molecule has 13 heteroatoms. The normalized spacial score (nSPS) is 11.4. The molecule has 0 unspecified atom stereocenters. The Kier molecular flexibility index (Phi) is 6.06. The number of ether oxygens (including phenoxy) is 1. The predicted molar refractivity (Wildman–Crippen MR) is 86.4 cm³/mol. The fourth-order valence-corrected chi connectivity index (χ4v) is 2.36. The minimum absolute atomic E-state index is 0.0213. The van der Waals surface area contributed by atoms with Crippen LogP contribution < -0.4 is 5.76 Å². The van der Waals surface area contributed by atoms with Gasteiger partial charge in [0.1, 0.15) is 19.6 Å². The van der Waals surface area contributed by atoms with Crippen molar-refractivity contribution in [3.05, 3.63) is 38.9 Å². The van der Waals surface area contributed by atoms with Gasteiger partial charge < -0.3 is 14.1 Å². The van der Waals surface area contributed by atoms with Gasteiger partial charge in [-0.3, -0.25) is 24.3 Å². The van der Waals surface area contributed by atoms with Crippen molar-refractivity contribution in [2.75, 3.05) is 19.7 Å². The number of halogens is 3. The number of carbonyl (C=O) groups excluding carboxylic acids is 2. The van der Waals surface area contributed by atoms with E-state index in [4.69, 9.17) is 4.42 Å². The van der Waals surface area contributed by atoms with Gasteiger partial charge in [-0.2, -0.15) is 13.2 Å². The van der Waals surface area contributed by atoms with Crippen LogP contribution in [0.5, 0.6) is 0 Å². The highest BCUT2D eigenvalue weighted by Crippen LogP contribution is 2.21. The number of non-ortho nitro benzene ring substituents is 1. The van der Waals surface area contributed by atoms with Crippen molar-refractivity contribution in [2.24, 2.45) is 0 Å². The number of rotatable bonds is 7. The minimum Gasteiger partial charge on any atom is -0.465 e. The maximum absolute atomic E-state index is 12.7. The third-order valence-electron chi connectivity index (χ3n) is 3.50. The van der Waals surface area contributed by atoms with E-state index in [9.17, 15) is 37.7 Å². The van der Waals surface area contributed by atoms with E-state index in [1.807, 2.05) is 0 Å². The first kappa shape index (κ1) is 20.9. The molecule has 0 saturated carbocycles. The van der Waals surface area contributed by atoms with E-state index in [0.29, 0.717) is 0 Å². The quantitative estimate of drug-likeness (QED) is 0.388. The van der Waals surface area contributed by atoms with E-state index in [1.165, 1.54) is 6.92 Å². The highest BCUT2D eigenvalue weighted by atomic mass is 19.4. The average Bonchev–Trinajstić information content (AvgIpc) is 2.88. The summed E-state index contributed by atoms with van der Waals surface area (Å²) in [5.41, 5.74) is -0.604. The Morgan fingerprint density at radius 1 is 1.36 bits per heavy atom. The first-order valence-electron chi connectivity index (χ1n) is 7.79. The molecule has 1 aromatic heterocycles. The predicted octanol–water partition coefficient (Wildman–Crippen LogP) is 1.46. The van der Waals surface area contributed by atoms with Crippen LogP contribution in [0.4, 0.5) is 18.9 Å². The van der Waals surface area contributed by atoms with E-state index < -0.39 is 48.4 Å². The van der Waals surface area contributed by atoms with Crippen molar-refractivity contribution in [1.82, 2.24) is 9.47 Å². The number of esters is 1. The SMILES string of the molecule is CCOC(=O)CN(CC(F)(F)F)C(=O)Cn1c(=O)oc2cc([N+](=O)[O-])ccc21. The molecule has 1 heterocycles. The van der Waals surface area contributed by atoms with E-state index in [1.54, 1.807) is 0 Å². The van der Waals surface area contributed by atoms with Crippen molar-refractivity contribution in [2.45, 2.75) is 19.6 Å². The third-order valence-corrected chi connectivity index (χ3v) is 3.50. The van der Waals surface area contributed by atoms with Crippen LogP contribution in [-0.2, 0) is 20.9 Å². The topological polar surface area (TPSA) is 125 Å². The number of nitrogens with zero attached hydrogens (tertiary/aromatic N) is 3. The summed E-state index contributed by atoms with van der Waals surface area (Å²) in [5.74, 6) is -3.32. The van der Waals surface area contributed by atoms with Crippen LogP contribution in [0, 0.1) is 10.1 Å². The van der Waals surface area contributed by atoms with Crippen LogP contribution in [0.2, 0.25) is 0 Å². The lowest BCUT2D eigenvalue weighted by molar-refractivity contribution is -0.384. The van der Waals surface area contributed by atoms with Crippen molar-refractivity contribution in [3.63, 3.8) is 0 Å². The number of benzene rings is 1. The Morgan fingerprint density at radius 3 is 2.61 bits per heavy atom. The molecule has 0 atom stereocenters. The Morgan fingerprint density at radius 2 is 2.04 bits per heavy atom.